The Morgan fingerprint density at radius 1 is 1.23 bits per heavy atom. The second-order valence-corrected chi connectivity index (χ2v) is 6.30. The molecule has 3 nitrogen and oxygen atoms in total. The molecule has 1 N–H and O–H groups in total. The van der Waals surface area contributed by atoms with Crippen LogP contribution in [0.2, 0.25) is 10.0 Å². The van der Waals surface area contributed by atoms with Crippen molar-refractivity contribution in [2.45, 2.75) is 18.8 Å². The molecule has 0 aliphatic heterocycles. The van der Waals surface area contributed by atoms with Gasteiger partial charge in [0.05, 0.1) is 10.0 Å². The summed E-state index contributed by atoms with van der Waals surface area (Å²) in [5.74, 6) is 0.401. The lowest BCUT2D eigenvalue weighted by Gasteiger charge is -2.05. The second-order valence-electron chi connectivity index (χ2n) is 5.48. The lowest BCUT2D eigenvalue weighted by atomic mass is 10.1. The third kappa shape index (κ3) is 3.60. The highest BCUT2D eigenvalue weighted by atomic mass is 35.5. The predicted octanol–water partition coefficient (Wildman–Crippen LogP) is 3.85. The third-order valence-electron chi connectivity index (χ3n) is 3.91. The fraction of sp³-hybridized carbons (Fsp3) is 0.294. The van der Waals surface area contributed by atoms with Gasteiger partial charge in [0.25, 0.3) is 0 Å². The normalized spacial score (nSPS) is 19.7. The second kappa shape index (κ2) is 6.67. The molecule has 1 aliphatic rings. The summed E-state index contributed by atoms with van der Waals surface area (Å²) < 4.78 is 0. The maximum atomic E-state index is 12.1. The Morgan fingerprint density at radius 2 is 2.09 bits per heavy atom. The molecule has 5 heteroatoms. The zero-order valence-electron chi connectivity index (χ0n) is 11.9. The third-order valence-corrected chi connectivity index (χ3v) is 4.64. The smallest absolute Gasteiger partial charge is 0.223 e. The molecule has 0 unspecified atom stereocenters. The van der Waals surface area contributed by atoms with Crippen LogP contribution < -0.4 is 5.32 Å². The number of hydrogen-bond donors (Lipinski definition) is 1. The van der Waals surface area contributed by atoms with Crippen LogP contribution >= 0.6 is 23.2 Å². The van der Waals surface area contributed by atoms with Gasteiger partial charge in [-0.15, -0.1) is 0 Å². The van der Waals surface area contributed by atoms with Crippen molar-refractivity contribution in [3.8, 4) is 0 Å². The van der Waals surface area contributed by atoms with Gasteiger partial charge in [-0.25, -0.2) is 0 Å². The molecule has 114 valence electrons. The average molecular weight is 335 g/mol. The zero-order valence-corrected chi connectivity index (χ0v) is 13.4. The Morgan fingerprint density at radius 3 is 2.82 bits per heavy atom. The van der Waals surface area contributed by atoms with Crippen molar-refractivity contribution in [3.05, 3.63) is 63.9 Å². The molecule has 1 saturated carbocycles. The molecule has 2 aromatic rings. The number of halogens is 2. The molecular formula is C17H16Cl2N2O. The first-order valence-corrected chi connectivity index (χ1v) is 8.03. The van der Waals surface area contributed by atoms with Crippen LogP contribution in [-0.2, 0) is 11.2 Å². The molecule has 1 fully saturated rings. The van der Waals surface area contributed by atoms with E-state index in [-0.39, 0.29) is 17.7 Å². The molecule has 1 heterocycles. The van der Waals surface area contributed by atoms with Gasteiger partial charge in [-0.1, -0.05) is 35.3 Å². The van der Waals surface area contributed by atoms with Gasteiger partial charge >= 0.3 is 0 Å². The zero-order chi connectivity index (χ0) is 15.5. The SMILES string of the molecule is O=C(NCCc1ccccn1)[C@H]1C[C@H]1c1ccc(Cl)c(Cl)c1. The number of amides is 1. The number of nitrogens with one attached hydrogen (secondary N) is 1. The summed E-state index contributed by atoms with van der Waals surface area (Å²) in [6.45, 7) is 0.612. The van der Waals surface area contributed by atoms with Crippen LogP contribution in [0.15, 0.2) is 42.6 Å². The highest BCUT2D eigenvalue weighted by molar-refractivity contribution is 6.42. The van der Waals surface area contributed by atoms with Crippen molar-refractivity contribution in [2.24, 2.45) is 5.92 Å². The summed E-state index contributed by atoms with van der Waals surface area (Å²) in [6.07, 6.45) is 3.38. The van der Waals surface area contributed by atoms with E-state index >= 15 is 0 Å². The Kier molecular flexibility index (Phi) is 4.65. The van der Waals surface area contributed by atoms with E-state index in [0.29, 0.717) is 16.6 Å². The maximum Gasteiger partial charge on any atom is 0.223 e. The van der Waals surface area contributed by atoms with Gasteiger partial charge in [0.2, 0.25) is 5.91 Å². The van der Waals surface area contributed by atoms with E-state index in [1.165, 1.54) is 0 Å². The maximum absolute atomic E-state index is 12.1. The quantitative estimate of drug-likeness (QED) is 0.902. The molecule has 3 rings (SSSR count). The Bertz CT molecular complexity index is 676. The molecule has 0 radical (unpaired) electrons. The largest absolute Gasteiger partial charge is 0.355 e. The first kappa shape index (κ1) is 15.3. The van der Waals surface area contributed by atoms with Crippen LogP contribution in [0.5, 0.6) is 0 Å². The van der Waals surface area contributed by atoms with Crippen molar-refractivity contribution in [1.82, 2.24) is 10.3 Å². The van der Waals surface area contributed by atoms with Crippen molar-refractivity contribution in [3.63, 3.8) is 0 Å². The van der Waals surface area contributed by atoms with E-state index in [1.807, 2.05) is 30.3 Å². The molecular weight excluding hydrogens is 319 g/mol. The number of rotatable bonds is 5. The average Bonchev–Trinajstić information content (AvgIpc) is 3.32. The van der Waals surface area contributed by atoms with Gasteiger partial charge in [-0.05, 0) is 42.2 Å². The molecule has 1 aromatic carbocycles. The van der Waals surface area contributed by atoms with E-state index < -0.39 is 0 Å². The molecule has 0 bridgehead atoms. The minimum atomic E-state index is 0.0426. The highest BCUT2D eigenvalue weighted by Gasteiger charge is 2.43. The lowest BCUT2D eigenvalue weighted by molar-refractivity contribution is -0.122. The molecule has 2 atom stereocenters. The number of carbonyl (C=O) groups excluding carboxylic acids is 1. The van der Waals surface area contributed by atoms with Crippen molar-refractivity contribution >= 4 is 29.1 Å². The number of nitrogens with zero attached hydrogens (tertiary/aromatic N) is 1. The van der Waals surface area contributed by atoms with E-state index in [9.17, 15) is 4.79 Å². The summed E-state index contributed by atoms with van der Waals surface area (Å²) in [7, 11) is 0. The molecule has 0 spiro atoms. The van der Waals surface area contributed by atoms with E-state index in [1.54, 1.807) is 12.3 Å². The van der Waals surface area contributed by atoms with Crippen LogP contribution in [0.25, 0.3) is 0 Å². The number of carbonyl (C=O) groups is 1. The highest BCUT2D eigenvalue weighted by Crippen LogP contribution is 2.48. The van der Waals surface area contributed by atoms with Crippen LogP contribution in [0.4, 0.5) is 0 Å². The van der Waals surface area contributed by atoms with Gasteiger partial charge in [0.1, 0.15) is 0 Å². The van der Waals surface area contributed by atoms with E-state index in [2.05, 4.69) is 10.3 Å². The topological polar surface area (TPSA) is 42.0 Å². The van der Waals surface area contributed by atoms with Gasteiger partial charge < -0.3 is 5.32 Å². The van der Waals surface area contributed by atoms with Crippen LogP contribution in [0.1, 0.15) is 23.6 Å². The fourth-order valence-corrected chi connectivity index (χ4v) is 2.89. The van der Waals surface area contributed by atoms with Crippen molar-refractivity contribution < 1.29 is 4.79 Å². The fourth-order valence-electron chi connectivity index (χ4n) is 2.59. The minimum absolute atomic E-state index is 0.0426. The molecule has 22 heavy (non-hydrogen) atoms. The predicted molar refractivity (Wildman–Crippen MR) is 88.3 cm³/mol. The summed E-state index contributed by atoms with van der Waals surface area (Å²) in [6, 6.07) is 11.4. The summed E-state index contributed by atoms with van der Waals surface area (Å²) in [5, 5.41) is 4.07. The Balaban J connectivity index is 1.49. The molecule has 0 saturated heterocycles. The van der Waals surface area contributed by atoms with Crippen LogP contribution in [-0.4, -0.2) is 17.4 Å². The van der Waals surface area contributed by atoms with Gasteiger partial charge in [-0.2, -0.15) is 0 Å². The standard InChI is InChI=1S/C17H16Cl2N2O/c18-15-5-4-11(9-16(15)19)13-10-14(13)17(22)21-8-6-12-3-1-2-7-20-12/h1-5,7,9,13-14H,6,8,10H2,(H,21,22)/t13-,14-/m0/s1. The van der Waals surface area contributed by atoms with Gasteiger partial charge in [0, 0.05) is 30.8 Å². The van der Waals surface area contributed by atoms with E-state index in [0.717, 1.165) is 24.1 Å². The van der Waals surface area contributed by atoms with Crippen molar-refractivity contribution in [1.29, 1.82) is 0 Å². The Labute approximate surface area is 139 Å². The lowest BCUT2D eigenvalue weighted by Crippen LogP contribution is -2.27. The molecule has 1 aromatic heterocycles. The van der Waals surface area contributed by atoms with Gasteiger partial charge in [0.15, 0.2) is 0 Å². The monoisotopic (exact) mass is 334 g/mol. The molecule has 1 amide bonds. The molecule has 1 aliphatic carbocycles. The summed E-state index contributed by atoms with van der Waals surface area (Å²) in [5.41, 5.74) is 2.07. The van der Waals surface area contributed by atoms with Crippen LogP contribution in [0, 0.1) is 5.92 Å². The minimum Gasteiger partial charge on any atom is -0.355 e. The van der Waals surface area contributed by atoms with Crippen LogP contribution in [0.3, 0.4) is 0 Å². The first-order chi connectivity index (χ1) is 10.6. The van der Waals surface area contributed by atoms with Gasteiger partial charge in [-0.3, -0.25) is 9.78 Å². The number of pyridine rings is 1. The summed E-state index contributed by atoms with van der Waals surface area (Å²) in [4.78, 5) is 16.4. The Hall–Kier alpha value is -1.58. The number of hydrogen-bond acceptors (Lipinski definition) is 2. The van der Waals surface area contributed by atoms with Crippen molar-refractivity contribution in [2.75, 3.05) is 6.54 Å². The number of benzene rings is 1. The number of aromatic nitrogens is 1. The van der Waals surface area contributed by atoms with E-state index in [4.69, 9.17) is 23.2 Å². The summed E-state index contributed by atoms with van der Waals surface area (Å²) >= 11 is 11.9. The first-order valence-electron chi connectivity index (χ1n) is 7.27.